The molecule has 1 aromatic carbocycles. The van der Waals surface area contributed by atoms with E-state index in [1.165, 1.54) is 18.2 Å². The zero-order valence-corrected chi connectivity index (χ0v) is 9.22. The summed E-state index contributed by atoms with van der Waals surface area (Å²) in [5, 5.41) is 17.9. The van der Waals surface area contributed by atoms with Crippen LogP contribution in [0.1, 0.15) is 33.6 Å². The van der Waals surface area contributed by atoms with Crippen molar-refractivity contribution in [3.8, 4) is 5.75 Å². The highest BCUT2D eigenvalue weighted by molar-refractivity contribution is 6.21. The quantitative estimate of drug-likeness (QED) is 0.596. The largest absolute Gasteiger partial charge is 0.508 e. The summed E-state index contributed by atoms with van der Waals surface area (Å²) in [6.45, 7) is 0.345. The minimum absolute atomic E-state index is 0.0258. The Morgan fingerprint density at radius 1 is 1.06 bits per heavy atom. The minimum Gasteiger partial charge on any atom is -0.508 e. The third-order valence-corrected chi connectivity index (χ3v) is 2.74. The number of imide groups is 1. The molecule has 0 saturated carbocycles. The molecule has 0 fully saturated rings. The molecule has 1 heterocycles. The van der Waals surface area contributed by atoms with Gasteiger partial charge in [-0.1, -0.05) is 0 Å². The van der Waals surface area contributed by atoms with Crippen LogP contribution < -0.4 is 0 Å². The van der Waals surface area contributed by atoms with E-state index in [0.29, 0.717) is 24.9 Å². The maximum atomic E-state index is 11.9. The van der Waals surface area contributed by atoms with Crippen molar-refractivity contribution in [1.82, 2.24) is 4.90 Å². The summed E-state index contributed by atoms with van der Waals surface area (Å²) in [6, 6.07) is 4.15. The fourth-order valence-corrected chi connectivity index (χ4v) is 1.86. The highest BCUT2D eigenvalue weighted by Gasteiger charge is 2.35. The van der Waals surface area contributed by atoms with Gasteiger partial charge in [0, 0.05) is 13.2 Å². The van der Waals surface area contributed by atoms with Gasteiger partial charge in [0.1, 0.15) is 5.75 Å². The molecule has 5 heteroatoms. The number of phenols is 1. The molecular weight excluding hydrogens is 222 g/mol. The van der Waals surface area contributed by atoms with Gasteiger partial charge in [0.25, 0.3) is 11.8 Å². The average Bonchev–Trinajstić information content (AvgIpc) is 2.54. The molecule has 2 amide bonds. The van der Waals surface area contributed by atoms with E-state index in [1.807, 2.05) is 0 Å². The predicted molar refractivity (Wildman–Crippen MR) is 59.8 cm³/mol. The molecule has 0 bridgehead atoms. The van der Waals surface area contributed by atoms with Crippen LogP contribution in [0.15, 0.2) is 18.2 Å². The van der Waals surface area contributed by atoms with Gasteiger partial charge in [-0.25, -0.2) is 0 Å². The maximum Gasteiger partial charge on any atom is 0.261 e. The molecule has 1 aromatic rings. The summed E-state index contributed by atoms with van der Waals surface area (Å²) in [7, 11) is 0. The summed E-state index contributed by atoms with van der Waals surface area (Å²) in [5.41, 5.74) is 0.579. The van der Waals surface area contributed by atoms with Crippen molar-refractivity contribution in [2.45, 2.75) is 12.8 Å². The number of rotatable bonds is 4. The molecule has 2 N–H and O–H groups in total. The number of carbonyl (C=O) groups is 2. The first-order valence-electron chi connectivity index (χ1n) is 5.45. The smallest absolute Gasteiger partial charge is 0.261 e. The van der Waals surface area contributed by atoms with Gasteiger partial charge in [-0.3, -0.25) is 14.5 Å². The van der Waals surface area contributed by atoms with Crippen LogP contribution in [0, 0.1) is 0 Å². The number of aliphatic hydroxyl groups is 1. The molecule has 90 valence electrons. The molecule has 0 atom stereocenters. The van der Waals surface area contributed by atoms with Gasteiger partial charge in [-0.15, -0.1) is 0 Å². The van der Waals surface area contributed by atoms with Crippen molar-refractivity contribution < 1.29 is 19.8 Å². The number of aromatic hydroxyl groups is 1. The van der Waals surface area contributed by atoms with Crippen molar-refractivity contribution in [2.75, 3.05) is 13.2 Å². The molecular formula is C12H13NO4. The third-order valence-electron chi connectivity index (χ3n) is 2.74. The van der Waals surface area contributed by atoms with E-state index >= 15 is 0 Å². The van der Waals surface area contributed by atoms with E-state index in [0.717, 1.165) is 4.90 Å². The first-order valence-corrected chi connectivity index (χ1v) is 5.45. The van der Waals surface area contributed by atoms with Gasteiger partial charge in [0.05, 0.1) is 11.1 Å². The Hall–Kier alpha value is -1.88. The molecule has 17 heavy (non-hydrogen) atoms. The summed E-state index contributed by atoms with van der Waals surface area (Å²) in [4.78, 5) is 24.9. The summed E-state index contributed by atoms with van der Waals surface area (Å²) >= 11 is 0. The molecule has 2 rings (SSSR count). The first-order chi connectivity index (χ1) is 8.15. The Morgan fingerprint density at radius 2 is 1.76 bits per heavy atom. The number of amides is 2. The van der Waals surface area contributed by atoms with Gasteiger partial charge >= 0.3 is 0 Å². The van der Waals surface area contributed by atoms with E-state index in [4.69, 9.17) is 5.11 Å². The lowest BCUT2D eigenvalue weighted by Gasteiger charge is -2.12. The monoisotopic (exact) mass is 235 g/mol. The molecule has 0 aliphatic carbocycles. The van der Waals surface area contributed by atoms with Gasteiger partial charge in [-0.05, 0) is 31.0 Å². The zero-order valence-electron chi connectivity index (χ0n) is 9.22. The highest BCUT2D eigenvalue weighted by Crippen LogP contribution is 2.26. The standard InChI is InChI=1S/C12H13NO4/c14-6-2-1-5-13-11(16)9-4-3-8(15)7-10(9)12(13)17/h3-4,7,14-15H,1-2,5-6H2. The van der Waals surface area contributed by atoms with Crippen molar-refractivity contribution in [1.29, 1.82) is 0 Å². The lowest BCUT2D eigenvalue weighted by atomic mass is 10.1. The van der Waals surface area contributed by atoms with Crippen molar-refractivity contribution in [3.05, 3.63) is 29.3 Å². The number of carbonyl (C=O) groups excluding carboxylic acids is 2. The SMILES string of the molecule is O=C1c2ccc(O)cc2C(=O)N1CCCCO. The van der Waals surface area contributed by atoms with E-state index in [2.05, 4.69) is 0 Å². The number of unbranched alkanes of at least 4 members (excludes halogenated alkanes) is 1. The topological polar surface area (TPSA) is 77.8 Å². The second-order valence-electron chi connectivity index (χ2n) is 3.92. The van der Waals surface area contributed by atoms with Crippen LogP contribution in [-0.2, 0) is 0 Å². The molecule has 5 nitrogen and oxygen atoms in total. The van der Waals surface area contributed by atoms with E-state index in [9.17, 15) is 14.7 Å². The molecule has 0 saturated heterocycles. The minimum atomic E-state index is -0.376. The number of aliphatic hydroxyl groups excluding tert-OH is 1. The lowest BCUT2D eigenvalue weighted by Crippen LogP contribution is -2.30. The lowest BCUT2D eigenvalue weighted by molar-refractivity contribution is 0.0649. The van der Waals surface area contributed by atoms with Crippen LogP contribution in [0.2, 0.25) is 0 Å². The molecule has 0 spiro atoms. The van der Waals surface area contributed by atoms with E-state index in [-0.39, 0.29) is 29.7 Å². The summed E-state index contributed by atoms with van der Waals surface area (Å²) in [6.07, 6.45) is 1.13. The van der Waals surface area contributed by atoms with Crippen LogP contribution in [0.25, 0.3) is 0 Å². The predicted octanol–water partition coefficient (Wildman–Crippen LogP) is 0.761. The second-order valence-corrected chi connectivity index (χ2v) is 3.92. The number of benzene rings is 1. The second kappa shape index (κ2) is 4.55. The van der Waals surface area contributed by atoms with E-state index in [1.54, 1.807) is 0 Å². The normalized spacial score (nSPS) is 14.3. The van der Waals surface area contributed by atoms with Crippen molar-refractivity contribution in [3.63, 3.8) is 0 Å². The number of fused-ring (bicyclic) bond motifs is 1. The Kier molecular flexibility index (Phi) is 3.10. The van der Waals surface area contributed by atoms with Crippen molar-refractivity contribution >= 4 is 11.8 Å². The summed E-state index contributed by atoms with van der Waals surface area (Å²) < 4.78 is 0. The highest BCUT2D eigenvalue weighted by atomic mass is 16.3. The Labute approximate surface area is 98.3 Å². The average molecular weight is 235 g/mol. The zero-order chi connectivity index (χ0) is 12.4. The first kappa shape index (κ1) is 11.6. The van der Waals surface area contributed by atoms with Crippen LogP contribution in [0.3, 0.4) is 0 Å². The third kappa shape index (κ3) is 2.01. The molecule has 1 aliphatic heterocycles. The van der Waals surface area contributed by atoms with Gasteiger partial charge in [0.2, 0.25) is 0 Å². The maximum absolute atomic E-state index is 11.9. The number of phenolic OH excluding ortho intramolecular Hbond substituents is 1. The van der Waals surface area contributed by atoms with Crippen LogP contribution in [-0.4, -0.2) is 40.1 Å². The molecule has 0 unspecified atom stereocenters. The van der Waals surface area contributed by atoms with Gasteiger partial charge in [-0.2, -0.15) is 0 Å². The van der Waals surface area contributed by atoms with Crippen LogP contribution in [0.4, 0.5) is 0 Å². The Balaban J connectivity index is 2.20. The van der Waals surface area contributed by atoms with Gasteiger partial charge in [0.15, 0.2) is 0 Å². The number of hydrogen-bond acceptors (Lipinski definition) is 4. The molecule has 0 aromatic heterocycles. The molecule has 1 aliphatic rings. The molecule has 0 radical (unpaired) electrons. The van der Waals surface area contributed by atoms with Crippen molar-refractivity contribution in [2.24, 2.45) is 0 Å². The Morgan fingerprint density at radius 3 is 2.47 bits per heavy atom. The Bertz CT molecular complexity index is 470. The number of hydrogen-bond donors (Lipinski definition) is 2. The summed E-state index contributed by atoms with van der Waals surface area (Å²) in [5.74, 6) is -0.733. The van der Waals surface area contributed by atoms with Gasteiger partial charge < -0.3 is 10.2 Å². The fourth-order valence-electron chi connectivity index (χ4n) is 1.86. The van der Waals surface area contributed by atoms with Crippen LogP contribution in [0.5, 0.6) is 5.75 Å². The van der Waals surface area contributed by atoms with E-state index < -0.39 is 0 Å². The van der Waals surface area contributed by atoms with Crippen LogP contribution >= 0.6 is 0 Å². The number of nitrogens with zero attached hydrogens (tertiary/aromatic N) is 1. The fraction of sp³-hybridized carbons (Fsp3) is 0.333.